The van der Waals surface area contributed by atoms with Gasteiger partial charge in [0, 0.05) is 19.1 Å². The van der Waals surface area contributed by atoms with E-state index in [-0.39, 0.29) is 6.04 Å². The molecule has 0 radical (unpaired) electrons. The molecule has 1 heterocycles. The second kappa shape index (κ2) is 6.29. The first kappa shape index (κ1) is 14.1. The Morgan fingerprint density at radius 2 is 1.71 bits per heavy atom. The molecule has 1 saturated heterocycles. The Morgan fingerprint density at radius 3 is 2.33 bits per heavy atom. The van der Waals surface area contributed by atoms with Crippen LogP contribution in [0.5, 0.6) is 5.75 Å². The van der Waals surface area contributed by atoms with Crippen LogP contribution in [-0.2, 0) is 0 Å². The van der Waals surface area contributed by atoms with Crippen LogP contribution in [0.15, 0.2) is 54.6 Å². The van der Waals surface area contributed by atoms with Crippen LogP contribution in [0.3, 0.4) is 0 Å². The molecule has 2 atom stereocenters. The monoisotopic (exact) mass is 282 g/mol. The number of hydrogen-bond donors (Lipinski definition) is 2. The summed E-state index contributed by atoms with van der Waals surface area (Å²) in [5.74, 6) is 0.320. The molecule has 2 unspecified atom stereocenters. The number of benzene rings is 2. The maximum absolute atomic E-state index is 9.53. The molecule has 1 aliphatic rings. The van der Waals surface area contributed by atoms with E-state index in [0.29, 0.717) is 11.8 Å². The summed E-state index contributed by atoms with van der Waals surface area (Å²) in [6.45, 7) is 2.14. The van der Waals surface area contributed by atoms with Gasteiger partial charge in [0.25, 0.3) is 0 Å². The lowest BCUT2D eigenvalue weighted by Gasteiger charge is -2.29. The van der Waals surface area contributed by atoms with E-state index in [4.69, 9.17) is 0 Å². The maximum atomic E-state index is 9.53. The van der Waals surface area contributed by atoms with Gasteiger partial charge in [0.2, 0.25) is 0 Å². The number of hydrogen-bond acceptors (Lipinski definition) is 3. The van der Waals surface area contributed by atoms with Gasteiger partial charge in [0.1, 0.15) is 5.75 Å². The van der Waals surface area contributed by atoms with Crippen LogP contribution in [0.25, 0.3) is 0 Å². The summed E-state index contributed by atoms with van der Waals surface area (Å²) < 4.78 is 0. The highest BCUT2D eigenvalue weighted by molar-refractivity contribution is 5.35. The lowest BCUT2D eigenvalue weighted by molar-refractivity contribution is 0.274. The minimum atomic E-state index is 0.255. The van der Waals surface area contributed by atoms with E-state index in [9.17, 15) is 5.11 Å². The molecule has 0 bridgehead atoms. The number of nitrogens with zero attached hydrogens (tertiary/aromatic N) is 1. The fourth-order valence-electron chi connectivity index (χ4n) is 3.16. The molecule has 2 N–H and O–H groups in total. The Labute approximate surface area is 126 Å². The number of phenols is 1. The molecule has 21 heavy (non-hydrogen) atoms. The van der Waals surface area contributed by atoms with Crippen molar-refractivity contribution in [1.29, 1.82) is 0 Å². The molecule has 110 valence electrons. The van der Waals surface area contributed by atoms with Gasteiger partial charge in [-0.15, -0.1) is 0 Å². The number of likely N-dealkylation sites (tertiary alicyclic amines) is 1. The number of nitrogens with one attached hydrogen (secondary N) is 1. The first-order valence-electron chi connectivity index (χ1n) is 7.53. The number of aromatic hydroxyl groups is 1. The van der Waals surface area contributed by atoms with Crippen molar-refractivity contribution in [3.8, 4) is 5.75 Å². The molecular formula is C18H22N2O. The van der Waals surface area contributed by atoms with E-state index in [1.165, 1.54) is 17.5 Å². The Hall–Kier alpha value is -1.84. The van der Waals surface area contributed by atoms with E-state index in [1.807, 2.05) is 19.2 Å². The van der Waals surface area contributed by atoms with Gasteiger partial charge in [0.05, 0.1) is 6.04 Å². The minimum absolute atomic E-state index is 0.255. The third-order valence-corrected chi connectivity index (χ3v) is 4.32. The summed E-state index contributed by atoms with van der Waals surface area (Å²) in [4.78, 5) is 2.52. The Balaban J connectivity index is 1.94. The quantitative estimate of drug-likeness (QED) is 0.905. The van der Waals surface area contributed by atoms with Gasteiger partial charge in [-0.2, -0.15) is 0 Å². The van der Waals surface area contributed by atoms with Crippen LogP contribution >= 0.6 is 0 Å². The van der Waals surface area contributed by atoms with Crippen molar-refractivity contribution in [1.82, 2.24) is 10.2 Å². The van der Waals surface area contributed by atoms with E-state index in [1.54, 1.807) is 12.1 Å². The molecule has 3 heteroatoms. The van der Waals surface area contributed by atoms with Gasteiger partial charge in [-0.05, 0) is 36.7 Å². The first-order valence-corrected chi connectivity index (χ1v) is 7.53. The second-order valence-corrected chi connectivity index (χ2v) is 5.67. The lowest BCUT2D eigenvalue weighted by Crippen LogP contribution is -2.32. The average molecular weight is 282 g/mol. The molecule has 1 aliphatic heterocycles. The zero-order chi connectivity index (χ0) is 14.7. The van der Waals surface area contributed by atoms with Gasteiger partial charge >= 0.3 is 0 Å². The maximum Gasteiger partial charge on any atom is 0.115 e. The van der Waals surface area contributed by atoms with Crippen molar-refractivity contribution >= 4 is 0 Å². The van der Waals surface area contributed by atoms with Gasteiger partial charge in [0.15, 0.2) is 0 Å². The van der Waals surface area contributed by atoms with Crippen LogP contribution in [-0.4, -0.2) is 36.2 Å². The summed E-state index contributed by atoms with van der Waals surface area (Å²) in [5.41, 5.74) is 2.54. The molecule has 2 aromatic carbocycles. The predicted molar refractivity (Wildman–Crippen MR) is 85.4 cm³/mol. The van der Waals surface area contributed by atoms with Crippen molar-refractivity contribution in [3.63, 3.8) is 0 Å². The van der Waals surface area contributed by atoms with Gasteiger partial charge in [-0.1, -0.05) is 42.5 Å². The topological polar surface area (TPSA) is 35.5 Å². The molecule has 0 aliphatic carbocycles. The van der Waals surface area contributed by atoms with E-state index in [2.05, 4.69) is 40.5 Å². The van der Waals surface area contributed by atoms with Crippen LogP contribution in [0.2, 0.25) is 0 Å². The predicted octanol–water partition coefficient (Wildman–Crippen LogP) is 2.78. The number of likely N-dealkylation sites (N-methyl/N-ethyl adjacent to an activating group) is 1. The Morgan fingerprint density at radius 1 is 1.05 bits per heavy atom. The van der Waals surface area contributed by atoms with Crippen LogP contribution in [0, 0.1) is 0 Å². The van der Waals surface area contributed by atoms with Gasteiger partial charge in [-0.3, -0.25) is 4.90 Å². The standard InChI is InChI=1S/C18H22N2O/c1-19-16-11-12-20(13-16)18(14-5-3-2-4-6-14)15-7-9-17(21)10-8-15/h2-10,16,18-19,21H,11-13H2,1H3. The van der Waals surface area contributed by atoms with E-state index >= 15 is 0 Å². The molecule has 3 rings (SSSR count). The molecule has 0 saturated carbocycles. The summed E-state index contributed by atoms with van der Waals surface area (Å²) in [6.07, 6.45) is 1.18. The van der Waals surface area contributed by atoms with Gasteiger partial charge < -0.3 is 10.4 Å². The fourth-order valence-corrected chi connectivity index (χ4v) is 3.16. The highest BCUT2D eigenvalue weighted by atomic mass is 16.3. The van der Waals surface area contributed by atoms with Crippen molar-refractivity contribution in [3.05, 3.63) is 65.7 Å². The zero-order valence-corrected chi connectivity index (χ0v) is 12.4. The molecule has 0 spiro atoms. The molecular weight excluding hydrogens is 260 g/mol. The highest BCUT2D eigenvalue weighted by Crippen LogP contribution is 2.32. The van der Waals surface area contributed by atoms with Crippen molar-refractivity contribution in [2.75, 3.05) is 20.1 Å². The van der Waals surface area contributed by atoms with Crippen LogP contribution in [0.4, 0.5) is 0 Å². The molecule has 2 aromatic rings. The summed E-state index contributed by atoms with van der Waals surface area (Å²) >= 11 is 0. The first-order chi connectivity index (χ1) is 10.3. The SMILES string of the molecule is CNC1CCN(C(c2ccccc2)c2ccc(O)cc2)C1. The second-order valence-electron chi connectivity index (χ2n) is 5.67. The molecule has 3 nitrogen and oxygen atoms in total. The third-order valence-electron chi connectivity index (χ3n) is 4.32. The average Bonchev–Trinajstić information content (AvgIpc) is 2.99. The normalized spacial score (nSPS) is 20.5. The molecule has 0 aromatic heterocycles. The molecule has 0 amide bonds. The smallest absolute Gasteiger partial charge is 0.115 e. The van der Waals surface area contributed by atoms with E-state index in [0.717, 1.165) is 13.1 Å². The summed E-state index contributed by atoms with van der Waals surface area (Å²) in [5, 5.41) is 12.9. The third kappa shape index (κ3) is 3.09. The van der Waals surface area contributed by atoms with Crippen LogP contribution < -0.4 is 5.32 Å². The number of phenolic OH excluding ortho intramolecular Hbond substituents is 1. The van der Waals surface area contributed by atoms with Crippen molar-refractivity contribution < 1.29 is 5.11 Å². The fraction of sp³-hybridized carbons (Fsp3) is 0.333. The lowest BCUT2D eigenvalue weighted by atomic mass is 9.97. The van der Waals surface area contributed by atoms with Crippen molar-refractivity contribution in [2.45, 2.75) is 18.5 Å². The highest BCUT2D eigenvalue weighted by Gasteiger charge is 2.29. The van der Waals surface area contributed by atoms with Gasteiger partial charge in [-0.25, -0.2) is 0 Å². The Kier molecular flexibility index (Phi) is 4.23. The largest absolute Gasteiger partial charge is 0.508 e. The minimum Gasteiger partial charge on any atom is -0.508 e. The summed E-state index contributed by atoms with van der Waals surface area (Å²) in [6, 6.07) is 19.0. The number of rotatable bonds is 4. The summed E-state index contributed by atoms with van der Waals surface area (Å²) in [7, 11) is 2.03. The van der Waals surface area contributed by atoms with E-state index < -0.39 is 0 Å². The van der Waals surface area contributed by atoms with Crippen molar-refractivity contribution in [2.24, 2.45) is 0 Å². The Bertz CT molecular complexity index is 568. The molecule has 1 fully saturated rings. The zero-order valence-electron chi connectivity index (χ0n) is 12.4. The van der Waals surface area contributed by atoms with Crippen LogP contribution in [0.1, 0.15) is 23.6 Å².